The van der Waals surface area contributed by atoms with Gasteiger partial charge in [0.1, 0.15) is 0 Å². The number of nitrogens with one attached hydrogen (secondary N) is 1. The summed E-state index contributed by atoms with van der Waals surface area (Å²) in [4.78, 5) is 2.84. The molecule has 1 atom stereocenters. The van der Waals surface area contributed by atoms with E-state index in [4.69, 9.17) is 5.73 Å². The topological polar surface area (TPSA) is 38.0 Å². The predicted molar refractivity (Wildman–Crippen MR) is 70.8 cm³/mol. The quantitative estimate of drug-likeness (QED) is 0.827. The van der Waals surface area contributed by atoms with Crippen molar-refractivity contribution in [3.05, 3.63) is 21.4 Å². The number of hydrogen-bond acceptors (Lipinski definition) is 3. The second kappa shape index (κ2) is 4.47. The normalized spacial score (nSPS) is 19.8. The Hall–Kier alpha value is -0.380. The number of thiophene rings is 1. The van der Waals surface area contributed by atoms with E-state index in [0.29, 0.717) is 0 Å². The van der Waals surface area contributed by atoms with E-state index >= 15 is 0 Å². The van der Waals surface area contributed by atoms with E-state index in [1.54, 1.807) is 0 Å². The molecule has 0 bridgehead atoms. The average molecular weight is 238 g/mol. The van der Waals surface area contributed by atoms with Crippen LogP contribution in [-0.2, 0) is 6.54 Å². The van der Waals surface area contributed by atoms with Gasteiger partial charge in [0.25, 0.3) is 0 Å². The van der Waals surface area contributed by atoms with Crippen molar-refractivity contribution in [2.75, 3.05) is 6.54 Å². The summed E-state index contributed by atoms with van der Waals surface area (Å²) in [5, 5.41) is 3.49. The Morgan fingerprint density at radius 1 is 1.50 bits per heavy atom. The van der Waals surface area contributed by atoms with Gasteiger partial charge in [-0.1, -0.05) is 0 Å². The predicted octanol–water partition coefficient (Wildman–Crippen LogP) is 2.58. The van der Waals surface area contributed by atoms with Crippen LogP contribution in [0.2, 0.25) is 0 Å². The molecular formula is C13H22N2S. The summed E-state index contributed by atoms with van der Waals surface area (Å²) in [6.45, 7) is 8.41. The van der Waals surface area contributed by atoms with Gasteiger partial charge in [-0.25, -0.2) is 0 Å². The van der Waals surface area contributed by atoms with Crippen molar-refractivity contribution in [3.8, 4) is 0 Å². The third-order valence-corrected chi connectivity index (χ3v) is 4.68. The van der Waals surface area contributed by atoms with E-state index in [2.05, 4.69) is 32.2 Å². The Morgan fingerprint density at radius 3 is 2.69 bits per heavy atom. The highest BCUT2D eigenvalue weighted by molar-refractivity contribution is 7.12. The maximum absolute atomic E-state index is 6.26. The van der Waals surface area contributed by atoms with Gasteiger partial charge in [-0.2, -0.15) is 0 Å². The highest BCUT2D eigenvalue weighted by atomic mass is 32.1. The molecular weight excluding hydrogens is 216 g/mol. The van der Waals surface area contributed by atoms with Crippen molar-refractivity contribution in [3.63, 3.8) is 0 Å². The Bertz CT molecular complexity index is 345. The molecule has 2 nitrogen and oxygen atoms in total. The molecule has 1 heterocycles. The summed E-state index contributed by atoms with van der Waals surface area (Å²) in [6, 6.07) is 2.28. The van der Waals surface area contributed by atoms with Crippen LogP contribution in [0.15, 0.2) is 6.07 Å². The smallest absolute Gasteiger partial charge is 0.0300 e. The number of aryl methyl sites for hydroxylation is 2. The zero-order valence-corrected chi connectivity index (χ0v) is 11.3. The molecule has 1 aliphatic rings. The van der Waals surface area contributed by atoms with Crippen LogP contribution in [0.1, 0.15) is 35.1 Å². The van der Waals surface area contributed by atoms with Gasteiger partial charge in [0.15, 0.2) is 0 Å². The van der Waals surface area contributed by atoms with E-state index < -0.39 is 0 Å². The zero-order valence-electron chi connectivity index (χ0n) is 10.5. The first kappa shape index (κ1) is 12.1. The summed E-state index contributed by atoms with van der Waals surface area (Å²) in [7, 11) is 0. The van der Waals surface area contributed by atoms with Gasteiger partial charge < -0.3 is 11.1 Å². The maximum atomic E-state index is 6.26. The summed E-state index contributed by atoms with van der Waals surface area (Å²) >= 11 is 1.89. The van der Waals surface area contributed by atoms with Crippen LogP contribution < -0.4 is 11.1 Å². The van der Waals surface area contributed by atoms with E-state index in [1.165, 1.54) is 28.2 Å². The number of hydrogen-bond donors (Lipinski definition) is 2. The molecule has 0 saturated heterocycles. The monoisotopic (exact) mass is 238 g/mol. The summed E-state index contributed by atoms with van der Waals surface area (Å²) in [5.74, 6) is 0.742. The van der Waals surface area contributed by atoms with Crippen LogP contribution in [0.4, 0.5) is 0 Å². The molecule has 3 heteroatoms. The Morgan fingerprint density at radius 2 is 2.19 bits per heavy atom. The first-order chi connectivity index (χ1) is 7.49. The molecule has 0 spiro atoms. The minimum Gasteiger partial charge on any atom is -0.324 e. The first-order valence-electron chi connectivity index (χ1n) is 6.04. The minimum atomic E-state index is -0.0126. The van der Waals surface area contributed by atoms with Gasteiger partial charge in [-0.15, -0.1) is 11.3 Å². The lowest BCUT2D eigenvalue weighted by Crippen LogP contribution is -2.47. The minimum absolute atomic E-state index is 0.0126. The molecule has 2 rings (SSSR count). The van der Waals surface area contributed by atoms with Crippen LogP contribution in [0, 0.1) is 19.8 Å². The summed E-state index contributed by atoms with van der Waals surface area (Å²) in [5.41, 5.74) is 7.65. The van der Waals surface area contributed by atoms with Gasteiger partial charge in [-0.3, -0.25) is 0 Å². The van der Waals surface area contributed by atoms with E-state index in [-0.39, 0.29) is 5.54 Å². The van der Waals surface area contributed by atoms with E-state index in [1.807, 2.05) is 11.3 Å². The second-order valence-electron chi connectivity index (χ2n) is 5.34. The van der Waals surface area contributed by atoms with Crippen molar-refractivity contribution in [2.24, 2.45) is 11.7 Å². The molecule has 1 aromatic rings. The standard InChI is InChI=1S/C13H22N2S/c1-9-6-12(16-10(9)2)7-15-8-13(3,14)11-4-5-11/h6,11,15H,4-5,7-8,14H2,1-3H3. The van der Waals surface area contributed by atoms with Gasteiger partial charge in [0.2, 0.25) is 0 Å². The van der Waals surface area contributed by atoms with Crippen LogP contribution in [-0.4, -0.2) is 12.1 Å². The largest absolute Gasteiger partial charge is 0.324 e. The second-order valence-corrected chi connectivity index (χ2v) is 6.68. The molecule has 1 fully saturated rings. The van der Waals surface area contributed by atoms with Crippen molar-refractivity contribution in [1.82, 2.24) is 5.32 Å². The third kappa shape index (κ3) is 2.84. The fourth-order valence-electron chi connectivity index (χ4n) is 2.08. The van der Waals surface area contributed by atoms with Crippen molar-refractivity contribution >= 4 is 11.3 Å². The van der Waals surface area contributed by atoms with Crippen molar-refractivity contribution < 1.29 is 0 Å². The van der Waals surface area contributed by atoms with Crippen LogP contribution in [0.5, 0.6) is 0 Å². The molecule has 1 aromatic heterocycles. The van der Waals surface area contributed by atoms with Gasteiger partial charge in [0.05, 0.1) is 0 Å². The molecule has 16 heavy (non-hydrogen) atoms. The SMILES string of the molecule is Cc1cc(CNCC(C)(N)C2CC2)sc1C. The summed E-state index contributed by atoms with van der Waals surface area (Å²) < 4.78 is 0. The van der Waals surface area contributed by atoms with E-state index in [0.717, 1.165) is 19.0 Å². The highest BCUT2D eigenvalue weighted by Gasteiger charge is 2.37. The molecule has 3 N–H and O–H groups in total. The summed E-state index contributed by atoms with van der Waals surface area (Å²) in [6.07, 6.45) is 2.62. The van der Waals surface area contributed by atoms with Crippen LogP contribution in [0.25, 0.3) is 0 Å². The Labute approximate surface area is 102 Å². The van der Waals surface area contributed by atoms with Gasteiger partial charge >= 0.3 is 0 Å². The molecule has 1 unspecified atom stereocenters. The molecule has 90 valence electrons. The van der Waals surface area contributed by atoms with E-state index in [9.17, 15) is 0 Å². The lowest BCUT2D eigenvalue weighted by molar-refractivity contribution is 0.380. The zero-order chi connectivity index (χ0) is 11.8. The van der Waals surface area contributed by atoms with Crippen LogP contribution in [0.3, 0.4) is 0 Å². The fraction of sp³-hybridized carbons (Fsp3) is 0.692. The molecule has 1 aliphatic carbocycles. The number of rotatable bonds is 5. The first-order valence-corrected chi connectivity index (χ1v) is 6.86. The van der Waals surface area contributed by atoms with Gasteiger partial charge in [-0.05, 0) is 51.2 Å². The molecule has 0 aromatic carbocycles. The van der Waals surface area contributed by atoms with Gasteiger partial charge in [0, 0.05) is 28.4 Å². The average Bonchev–Trinajstić information content (AvgIpc) is 2.96. The Balaban J connectivity index is 1.79. The molecule has 0 aliphatic heterocycles. The molecule has 1 saturated carbocycles. The maximum Gasteiger partial charge on any atom is 0.0300 e. The highest BCUT2D eigenvalue weighted by Crippen LogP contribution is 2.37. The Kier molecular flexibility index (Phi) is 3.38. The lowest BCUT2D eigenvalue weighted by atomic mass is 9.97. The van der Waals surface area contributed by atoms with Crippen molar-refractivity contribution in [1.29, 1.82) is 0 Å². The lowest BCUT2D eigenvalue weighted by Gasteiger charge is -2.24. The van der Waals surface area contributed by atoms with Crippen LogP contribution >= 0.6 is 11.3 Å². The number of nitrogens with two attached hydrogens (primary N) is 1. The molecule has 0 radical (unpaired) electrons. The van der Waals surface area contributed by atoms with Crippen molar-refractivity contribution in [2.45, 2.75) is 45.7 Å². The third-order valence-electron chi connectivity index (χ3n) is 3.53. The molecule has 0 amide bonds. The fourth-order valence-corrected chi connectivity index (χ4v) is 3.10.